The molecule has 1 atom stereocenters. The summed E-state index contributed by atoms with van der Waals surface area (Å²) in [5.74, 6) is 0. The smallest absolute Gasteiger partial charge is 0.135 e. The van der Waals surface area contributed by atoms with Crippen LogP contribution in [0.25, 0.3) is 82.8 Å². The zero-order valence-corrected chi connectivity index (χ0v) is 34.7. The van der Waals surface area contributed by atoms with Gasteiger partial charge in [-0.25, -0.2) is 0 Å². The van der Waals surface area contributed by atoms with Gasteiger partial charge >= 0.3 is 0 Å². The van der Waals surface area contributed by atoms with Crippen LogP contribution < -0.4 is 4.90 Å². The van der Waals surface area contributed by atoms with Crippen molar-refractivity contribution < 1.29 is 4.42 Å². The van der Waals surface area contributed by atoms with Gasteiger partial charge in [-0.1, -0.05) is 164 Å². The van der Waals surface area contributed by atoms with E-state index in [1.807, 2.05) is 12.1 Å². The van der Waals surface area contributed by atoms with E-state index >= 15 is 0 Å². The molecule has 14 rings (SSSR count). The van der Waals surface area contributed by atoms with Crippen LogP contribution in [0.2, 0.25) is 0 Å². The highest BCUT2D eigenvalue weighted by Gasteiger charge is 2.51. The molecule has 0 saturated heterocycles. The van der Waals surface area contributed by atoms with Gasteiger partial charge in [0.1, 0.15) is 11.2 Å². The van der Waals surface area contributed by atoms with Crippen molar-refractivity contribution >= 4 is 60.8 Å². The highest BCUT2D eigenvalue weighted by Crippen LogP contribution is 2.61. The fraction of sp³-hybridized carbons (Fsp3) is 0.0164. The minimum absolute atomic E-state index is 0.551. The van der Waals surface area contributed by atoms with E-state index in [9.17, 15) is 0 Å². The van der Waals surface area contributed by atoms with Gasteiger partial charge in [-0.2, -0.15) is 0 Å². The number of anilines is 3. The van der Waals surface area contributed by atoms with Crippen LogP contribution in [0.3, 0.4) is 0 Å². The van der Waals surface area contributed by atoms with E-state index in [4.69, 9.17) is 4.42 Å². The molecule has 10 aromatic carbocycles. The molecule has 2 aromatic heterocycles. The van der Waals surface area contributed by atoms with E-state index in [2.05, 4.69) is 228 Å². The van der Waals surface area contributed by atoms with E-state index in [1.54, 1.807) is 0 Å². The largest absolute Gasteiger partial charge is 0.456 e. The van der Waals surface area contributed by atoms with E-state index in [1.165, 1.54) is 72.0 Å². The summed E-state index contributed by atoms with van der Waals surface area (Å²) in [7, 11) is 0. The summed E-state index contributed by atoms with van der Waals surface area (Å²) in [6, 6.07) is 84.7. The molecule has 1 aliphatic carbocycles. The number of nitrogens with zero attached hydrogens (tertiary/aromatic N) is 2. The lowest BCUT2D eigenvalue weighted by molar-refractivity contribution is 0.669. The summed E-state index contributed by atoms with van der Waals surface area (Å²) in [5, 5.41) is 4.82. The summed E-state index contributed by atoms with van der Waals surface area (Å²) in [6.45, 7) is 0. The predicted molar refractivity (Wildman–Crippen MR) is 264 cm³/mol. The van der Waals surface area contributed by atoms with Gasteiger partial charge < -0.3 is 13.9 Å². The van der Waals surface area contributed by atoms with Crippen LogP contribution in [-0.2, 0) is 5.41 Å². The second kappa shape index (κ2) is 13.3. The van der Waals surface area contributed by atoms with Gasteiger partial charge in [0.25, 0.3) is 0 Å². The Bertz CT molecular complexity index is 3840. The van der Waals surface area contributed by atoms with Crippen molar-refractivity contribution in [3.8, 4) is 39.1 Å². The van der Waals surface area contributed by atoms with Crippen molar-refractivity contribution in [2.24, 2.45) is 0 Å². The molecular weight excluding hydrogens is 777 g/mol. The van der Waals surface area contributed by atoms with Gasteiger partial charge in [-0.05, 0) is 122 Å². The van der Waals surface area contributed by atoms with Crippen LogP contribution in [0.15, 0.2) is 235 Å². The molecule has 0 bridgehead atoms. The second-order valence-corrected chi connectivity index (χ2v) is 17.2. The van der Waals surface area contributed by atoms with Gasteiger partial charge in [0.15, 0.2) is 0 Å². The third-order valence-corrected chi connectivity index (χ3v) is 14.0. The highest BCUT2D eigenvalue weighted by molar-refractivity contribution is 6.13. The van der Waals surface area contributed by atoms with E-state index in [-0.39, 0.29) is 0 Å². The molecule has 3 nitrogen and oxygen atoms in total. The van der Waals surface area contributed by atoms with Crippen molar-refractivity contribution in [1.82, 2.24) is 4.57 Å². The van der Waals surface area contributed by atoms with Crippen LogP contribution in [0.1, 0.15) is 22.3 Å². The fourth-order valence-electron chi connectivity index (χ4n) is 11.3. The first kappa shape index (κ1) is 35.2. The molecule has 3 heterocycles. The van der Waals surface area contributed by atoms with Crippen LogP contribution in [0.5, 0.6) is 0 Å². The molecular formula is C61H38N2O. The Labute approximate surface area is 370 Å². The van der Waals surface area contributed by atoms with Crippen molar-refractivity contribution in [3.63, 3.8) is 0 Å². The summed E-state index contributed by atoms with van der Waals surface area (Å²) in [5.41, 5.74) is 20.8. The number of aromatic nitrogens is 1. The van der Waals surface area contributed by atoms with Crippen LogP contribution in [-0.4, -0.2) is 4.57 Å². The number of hydrogen-bond acceptors (Lipinski definition) is 2. The van der Waals surface area contributed by atoms with Crippen LogP contribution in [0, 0.1) is 0 Å². The summed E-state index contributed by atoms with van der Waals surface area (Å²) < 4.78 is 8.69. The van der Waals surface area contributed by atoms with Gasteiger partial charge in [0.2, 0.25) is 0 Å². The zero-order valence-electron chi connectivity index (χ0n) is 34.7. The Morgan fingerprint density at radius 1 is 0.344 bits per heavy atom. The summed E-state index contributed by atoms with van der Waals surface area (Å²) in [6.07, 6.45) is 0. The van der Waals surface area contributed by atoms with Crippen molar-refractivity contribution in [1.29, 1.82) is 0 Å². The Hall–Kier alpha value is -8.40. The zero-order chi connectivity index (χ0) is 41.9. The minimum atomic E-state index is -0.551. The third kappa shape index (κ3) is 4.81. The number of furan rings is 1. The first-order chi connectivity index (χ1) is 31.7. The molecule has 1 unspecified atom stereocenters. The predicted octanol–water partition coefficient (Wildman–Crippen LogP) is 16.2. The van der Waals surface area contributed by atoms with Gasteiger partial charge in [-0.15, -0.1) is 0 Å². The third-order valence-electron chi connectivity index (χ3n) is 14.0. The van der Waals surface area contributed by atoms with Gasteiger partial charge in [0.05, 0.1) is 22.1 Å². The molecule has 0 amide bonds. The van der Waals surface area contributed by atoms with E-state index in [0.717, 1.165) is 50.1 Å². The molecule has 1 spiro atoms. The molecule has 64 heavy (non-hydrogen) atoms. The number of fused-ring (bicyclic) bond motifs is 15. The quantitative estimate of drug-likeness (QED) is 0.173. The maximum absolute atomic E-state index is 6.18. The molecule has 0 N–H and O–H groups in total. The maximum atomic E-state index is 6.18. The van der Waals surface area contributed by atoms with Crippen molar-refractivity contribution in [3.05, 3.63) is 253 Å². The summed E-state index contributed by atoms with van der Waals surface area (Å²) >= 11 is 0. The Morgan fingerprint density at radius 3 is 1.75 bits per heavy atom. The topological polar surface area (TPSA) is 21.3 Å². The van der Waals surface area contributed by atoms with Crippen molar-refractivity contribution in [2.75, 3.05) is 4.90 Å². The fourth-order valence-corrected chi connectivity index (χ4v) is 11.3. The highest BCUT2D eigenvalue weighted by atomic mass is 16.3. The lowest BCUT2D eigenvalue weighted by Gasteiger charge is -2.40. The molecule has 3 heteroatoms. The lowest BCUT2D eigenvalue weighted by Crippen LogP contribution is -2.33. The molecule has 12 aromatic rings. The maximum Gasteiger partial charge on any atom is 0.135 e. The summed E-state index contributed by atoms with van der Waals surface area (Å²) in [4.78, 5) is 2.43. The molecule has 0 radical (unpaired) electrons. The first-order valence-electron chi connectivity index (χ1n) is 22.1. The standard InChI is InChI=1S/C61H38N2O/c1-2-13-39(14-3-1)40-25-30-43(31-26-40)62(44-32-27-41(28-33-44)42-29-36-59-51(37-42)49-17-6-11-24-58(49)64-59)45-34-35-47-46-15-4-7-19-52(46)61(55(47)38-45)53-20-8-10-23-57(53)63-56-22-9-5-16-48(56)50-18-12-21-54(61)60(50)63/h1-38H. The minimum Gasteiger partial charge on any atom is -0.456 e. The van der Waals surface area contributed by atoms with Crippen molar-refractivity contribution in [2.45, 2.75) is 5.41 Å². The van der Waals surface area contributed by atoms with Gasteiger partial charge in [0, 0.05) is 38.6 Å². The molecule has 0 saturated carbocycles. The number of hydrogen-bond donors (Lipinski definition) is 0. The molecule has 0 fully saturated rings. The lowest BCUT2D eigenvalue weighted by atomic mass is 9.65. The average Bonchev–Trinajstić information content (AvgIpc) is 4.01. The van der Waals surface area contributed by atoms with Gasteiger partial charge in [-0.3, -0.25) is 0 Å². The first-order valence-corrected chi connectivity index (χ1v) is 22.1. The molecule has 298 valence electrons. The second-order valence-electron chi connectivity index (χ2n) is 17.2. The SMILES string of the molecule is c1ccc(-c2ccc(N(c3ccc(-c4ccc5oc6ccccc6c5c4)cc3)c3ccc4c(c3)C3(c5ccccc5-4)c4ccccc4-n4c5ccccc5c5cccc3c54)cc2)cc1. The average molecular weight is 815 g/mol. The number of benzene rings is 10. The Morgan fingerprint density at radius 2 is 0.922 bits per heavy atom. The normalized spacial score (nSPS) is 14.6. The Kier molecular flexibility index (Phi) is 7.32. The molecule has 1 aliphatic heterocycles. The van der Waals surface area contributed by atoms with E-state index < -0.39 is 5.41 Å². The Balaban J connectivity index is 0.984. The van der Waals surface area contributed by atoms with Crippen LogP contribution >= 0.6 is 0 Å². The van der Waals surface area contributed by atoms with Crippen LogP contribution in [0.4, 0.5) is 17.1 Å². The molecule has 2 aliphatic rings. The number of para-hydroxylation sites is 4. The van der Waals surface area contributed by atoms with E-state index in [0.29, 0.717) is 0 Å². The number of rotatable bonds is 5. The monoisotopic (exact) mass is 814 g/mol.